The van der Waals surface area contributed by atoms with E-state index in [4.69, 9.17) is 0 Å². The van der Waals surface area contributed by atoms with Crippen LogP contribution in [-0.2, 0) is 5.41 Å². The van der Waals surface area contributed by atoms with Crippen LogP contribution in [0, 0.1) is 0 Å². The van der Waals surface area contributed by atoms with E-state index in [0.29, 0.717) is 0 Å². The van der Waals surface area contributed by atoms with E-state index in [1.54, 1.807) is 0 Å². The molecule has 0 saturated heterocycles. The molecule has 0 spiro atoms. The van der Waals surface area contributed by atoms with Gasteiger partial charge in [-0.05, 0) is 146 Å². The Labute approximate surface area is 433 Å². The van der Waals surface area contributed by atoms with Gasteiger partial charge in [-0.1, -0.05) is 225 Å². The molecule has 13 rings (SSSR count). The van der Waals surface area contributed by atoms with Gasteiger partial charge in [0.05, 0.1) is 22.1 Å². The highest BCUT2D eigenvalue weighted by molar-refractivity contribution is 6.11. The first-order chi connectivity index (χ1) is 36.5. The quantitative estimate of drug-likeness (QED) is 0.133. The van der Waals surface area contributed by atoms with Crippen molar-refractivity contribution < 1.29 is 0 Å². The van der Waals surface area contributed by atoms with Crippen molar-refractivity contribution >= 4 is 68.4 Å². The minimum Gasteiger partial charge on any atom is -0.310 e. The zero-order valence-corrected chi connectivity index (χ0v) is 41.5. The number of rotatable bonds is 10. The lowest BCUT2D eigenvalue weighted by atomic mass is 9.68. The summed E-state index contributed by atoms with van der Waals surface area (Å²) in [5.74, 6) is 0. The molecule has 0 bridgehead atoms. The van der Waals surface area contributed by atoms with E-state index in [-0.39, 0.29) is 0 Å². The van der Waals surface area contributed by atoms with Gasteiger partial charge >= 0.3 is 0 Å². The summed E-state index contributed by atoms with van der Waals surface area (Å²) in [6.45, 7) is 6.40. The van der Waals surface area contributed by atoms with Crippen LogP contribution in [0.3, 0.4) is 0 Å². The van der Waals surface area contributed by atoms with Gasteiger partial charge in [0, 0.05) is 33.4 Å². The van der Waals surface area contributed by atoms with Crippen LogP contribution in [0.15, 0.2) is 267 Å². The second-order valence-corrected chi connectivity index (χ2v) is 19.7. The van der Waals surface area contributed by atoms with Crippen LogP contribution >= 0.6 is 0 Å². The van der Waals surface area contributed by atoms with Crippen molar-refractivity contribution in [2.45, 2.75) is 25.2 Å². The van der Waals surface area contributed by atoms with Gasteiger partial charge in [0.2, 0.25) is 0 Å². The first-order valence-electron chi connectivity index (χ1n) is 25.8. The maximum Gasteiger partial charge on any atom is 0.0714 e. The molecule has 0 saturated carbocycles. The van der Waals surface area contributed by atoms with Crippen LogP contribution in [0.5, 0.6) is 0 Å². The third-order valence-corrected chi connectivity index (χ3v) is 15.5. The minimum absolute atomic E-state index is 0.523. The molecule has 0 aliphatic heterocycles. The molecule has 0 unspecified atom stereocenters. The fourth-order valence-electron chi connectivity index (χ4n) is 11.9. The molecule has 2 nitrogen and oxygen atoms in total. The highest BCUT2D eigenvalue weighted by atomic mass is 15.1. The molecule has 2 aliphatic carbocycles. The molecule has 10 aromatic carbocycles. The molecule has 2 heteroatoms. The van der Waals surface area contributed by atoms with Crippen LogP contribution in [0.25, 0.3) is 73.6 Å². The van der Waals surface area contributed by atoms with Crippen molar-refractivity contribution in [1.82, 2.24) is 4.57 Å². The molecule has 0 radical (unpaired) electrons. The molecule has 74 heavy (non-hydrogen) atoms. The maximum atomic E-state index is 4.22. The van der Waals surface area contributed by atoms with E-state index in [0.717, 1.165) is 45.9 Å². The summed E-state index contributed by atoms with van der Waals surface area (Å²) in [7, 11) is 0. The van der Waals surface area contributed by atoms with Gasteiger partial charge in [-0.25, -0.2) is 0 Å². The van der Waals surface area contributed by atoms with Gasteiger partial charge in [0.15, 0.2) is 0 Å². The van der Waals surface area contributed by atoms with Gasteiger partial charge in [-0.3, -0.25) is 0 Å². The second-order valence-electron chi connectivity index (χ2n) is 19.7. The van der Waals surface area contributed by atoms with Crippen LogP contribution in [0.4, 0.5) is 17.1 Å². The minimum atomic E-state index is -0.523. The second kappa shape index (κ2) is 18.7. The number of benzene rings is 10. The summed E-state index contributed by atoms with van der Waals surface area (Å²) in [6, 6.07) is 91.4. The van der Waals surface area contributed by atoms with Gasteiger partial charge < -0.3 is 9.47 Å². The monoisotopic (exact) mass is 946 g/mol. The fraction of sp³-hybridized carbons (Fsp3) is 0.0556. The fourth-order valence-corrected chi connectivity index (χ4v) is 11.9. The van der Waals surface area contributed by atoms with E-state index < -0.39 is 5.41 Å². The number of nitrogens with zero attached hydrogens (tertiary/aromatic N) is 2. The van der Waals surface area contributed by atoms with Crippen LogP contribution in [0.1, 0.15) is 53.1 Å². The summed E-state index contributed by atoms with van der Waals surface area (Å²) < 4.78 is 2.44. The van der Waals surface area contributed by atoms with E-state index in [1.165, 1.54) is 88.7 Å². The lowest BCUT2D eigenvalue weighted by Crippen LogP contribution is -2.28. The molecule has 1 aromatic heterocycles. The number of hydrogen-bond acceptors (Lipinski definition) is 1. The van der Waals surface area contributed by atoms with Crippen LogP contribution in [-0.4, -0.2) is 4.57 Å². The van der Waals surface area contributed by atoms with E-state index >= 15 is 0 Å². The first-order valence-corrected chi connectivity index (χ1v) is 25.8. The normalized spacial score (nSPS) is 14.1. The third kappa shape index (κ3) is 7.58. The summed E-state index contributed by atoms with van der Waals surface area (Å²) in [5.41, 5.74) is 21.4. The molecular formula is C72H54N2. The average molecular weight is 947 g/mol. The molecular weight excluding hydrogens is 893 g/mol. The summed E-state index contributed by atoms with van der Waals surface area (Å²) in [4.78, 5) is 2.48. The smallest absolute Gasteiger partial charge is 0.0714 e. The number of hydrogen-bond donors (Lipinski definition) is 0. The average Bonchev–Trinajstić information content (AvgIpc) is 3.98. The van der Waals surface area contributed by atoms with E-state index in [1.807, 2.05) is 6.07 Å². The molecule has 11 aromatic rings. The molecule has 1 heterocycles. The standard InChI is InChI=1S/C72H54N2/c1-50-20-9-10-21-52(50)39-38-51(2)55-22-17-23-56(48-55)53-40-44-60(45-41-53)73(61-46-42-54(43-47-61)57-24-18-29-62(49-57)74-68-35-15-12-30-63(68)64-31-13-16-36-69(64)74)70-37-19-34-67-71(70)65-32-11-14-33-66(65)72(67,58-25-5-3-6-26-58)59-27-7-4-8-28-59/h3-17,19-23,25-49H,1,18,24H2,2H3/b51-38+,52-39-. The van der Waals surface area contributed by atoms with Crippen LogP contribution in [0.2, 0.25) is 0 Å². The van der Waals surface area contributed by atoms with Crippen molar-refractivity contribution in [2.75, 3.05) is 4.90 Å². The number of aromatic nitrogens is 1. The Kier molecular flexibility index (Phi) is 11.3. The molecule has 352 valence electrons. The number of fused-ring (bicyclic) bond motifs is 6. The molecule has 0 atom stereocenters. The van der Waals surface area contributed by atoms with Gasteiger partial charge in [-0.15, -0.1) is 0 Å². The van der Waals surface area contributed by atoms with Crippen molar-refractivity contribution in [3.05, 3.63) is 311 Å². The Morgan fingerprint density at radius 1 is 0.527 bits per heavy atom. The zero-order chi connectivity index (χ0) is 49.6. The summed E-state index contributed by atoms with van der Waals surface area (Å²) in [5, 5.41) is 4.72. The molecule has 0 fully saturated rings. The largest absolute Gasteiger partial charge is 0.310 e. The molecule has 0 amide bonds. The van der Waals surface area contributed by atoms with Crippen molar-refractivity contribution in [2.24, 2.45) is 0 Å². The SMILES string of the molecule is C=c1cccc/c1=C/C=C(\C)c1cccc(-c2ccc(N(c3ccc(C4=CC(n5c6ccccc6c6ccccc65)=CCC4)cc3)c3cccc4c3-c3ccccc3C4(c3ccccc3)c3ccccc3)cc2)c1. The lowest BCUT2D eigenvalue weighted by Gasteiger charge is -2.34. The Balaban J connectivity index is 0.939. The Hall–Kier alpha value is -9.24. The topological polar surface area (TPSA) is 8.17 Å². The van der Waals surface area contributed by atoms with Gasteiger partial charge in [-0.2, -0.15) is 0 Å². The van der Waals surface area contributed by atoms with Crippen LogP contribution < -0.4 is 15.3 Å². The summed E-state index contributed by atoms with van der Waals surface area (Å²) in [6.07, 6.45) is 11.1. The number of para-hydroxylation sites is 2. The van der Waals surface area contributed by atoms with Crippen molar-refractivity contribution in [1.29, 1.82) is 0 Å². The van der Waals surface area contributed by atoms with Gasteiger partial charge in [0.1, 0.15) is 0 Å². The Morgan fingerprint density at radius 3 is 1.80 bits per heavy atom. The third-order valence-electron chi connectivity index (χ3n) is 15.5. The zero-order valence-electron chi connectivity index (χ0n) is 41.5. The number of allylic oxidation sites excluding steroid dienone is 6. The van der Waals surface area contributed by atoms with E-state index in [9.17, 15) is 0 Å². The van der Waals surface area contributed by atoms with E-state index in [2.05, 4.69) is 290 Å². The molecule has 2 aliphatic rings. The summed E-state index contributed by atoms with van der Waals surface area (Å²) >= 11 is 0. The van der Waals surface area contributed by atoms with Gasteiger partial charge in [0.25, 0.3) is 0 Å². The number of anilines is 3. The first kappa shape index (κ1) is 44.7. The Morgan fingerprint density at radius 2 is 1.11 bits per heavy atom. The van der Waals surface area contributed by atoms with Crippen molar-refractivity contribution in [3.63, 3.8) is 0 Å². The Bertz CT molecular complexity index is 4040. The van der Waals surface area contributed by atoms with Crippen molar-refractivity contribution in [3.8, 4) is 22.3 Å². The highest BCUT2D eigenvalue weighted by Crippen LogP contribution is 2.59. The molecule has 0 N–H and O–H groups in total. The predicted molar refractivity (Wildman–Crippen MR) is 314 cm³/mol. The predicted octanol–water partition coefficient (Wildman–Crippen LogP) is 17.3. The highest BCUT2D eigenvalue weighted by Gasteiger charge is 2.47. The maximum absolute atomic E-state index is 4.22. The lowest BCUT2D eigenvalue weighted by molar-refractivity contribution is 0.768.